The Labute approximate surface area is 141 Å². The van der Waals surface area contributed by atoms with Crippen molar-refractivity contribution in [2.45, 2.75) is 25.5 Å². The number of ether oxygens (including phenoxy) is 1. The Morgan fingerprint density at radius 2 is 2.05 bits per heavy atom. The smallest absolute Gasteiger partial charge is 0.225 e. The Kier molecular flexibility index (Phi) is 9.25. The molecule has 0 fully saturated rings. The number of rotatable bonds is 6. The van der Waals surface area contributed by atoms with E-state index in [9.17, 15) is 4.79 Å². The highest BCUT2D eigenvalue weighted by molar-refractivity contribution is 6.35. The van der Waals surface area contributed by atoms with E-state index in [-0.39, 0.29) is 36.9 Å². The molecule has 1 aromatic carbocycles. The summed E-state index contributed by atoms with van der Waals surface area (Å²) in [5.74, 6) is -0.0409. The highest BCUT2D eigenvalue weighted by atomic mass is 35.5. The summed E-state index contributed by atoms with van der Waals surface area (Å²) in [6.07, 6.45) is -0.0168. The van der Waals surface area contributed by atoms with E-state index in [2.05, 4.69) is 0 Å². The van der Waals surface area contributed by atoms with E-state index in [0.29, 0.717) is 16.6 Å². The molecule has 0 saturated heterocycles. The zero-order valence-electron chi connectivity index (χ0n) is 12.3. The molecule has 21 heavy (non-hydrogen) atoms. The third-order valence-electron chi connectivity index (χ3n) is 3.39. The van der Waals surface area contributed by atoms with Crippen LogP contribution in [0, 0.1) is 0 Å². The molecule has 0 bridgehead atoms. The number of nitrogens with two attached hydrogens (primary N) is 1. The molecule has 0 saturated carbocycles. The van der Waals surface area contributed by atoms with Gasteiger partial charge < -0.3 is 15.4 Å². The first-order valence-electron chi connectivity index (χ1n) is 6.34. The zero-order chi connectivity index (χ0) is 15.3. The van der Waals surface area contributed by atoms with E-state index < -0.39 is 0 Å². The van der Waals surface area contributed by atoms with Gasteiger partial charge in [-0.2, -0.15) is 0 Å². The van der Waals surface area contributed by atoms with E-state index in [1.165, 1.54) is 0 Å². The van der Waals surface area contributed by atoms with E-state index in [1.54, 1.807) is 31.2 Å². The molecule has 0 radical (unpaired) electrons. The lowest BCUT2D eigenvalue weighted by Gasteiger charge is -2.27. The highest BCUT2D eigenvalue weighted by Gasteiger charge is 2.22. The number of halogens is 3. The molecule has 1 amide bonds. The molecule has 1 rings (SSSR count). The maximum Gasteiger partial charge on any atom is 0.225 e. The molecule has 4 nitrogen and oxygen atoms in total. The van der Waals surface area contributed by atoms with E-state index in [4.69, 9.17) is 33.7 Å². The zero-order valence-corrected chi connectivity index (χ0v) is 14.6. The first-order chi connectivity index (χ1) is 9.40. The summed E-state index contributed by atoms with van der Waals surface area (Å²) in [5, 5.41) is 1.12. The number of nitrogens with zero attached hydrogens (tertiary/aromatic N) is 1. The van der Waals surface area contributed by atoms with Gasteiger partial charge in [0, 0.05) is 30.7 Å². The summed E-state index contributed by atoms with van der Waals surface area (Å²) in [5.41, 5.74) is 6.38. The molecule has 0 aliphatic heterocycles. The van der Waals surface area contributed by atoms with Crippen molar-refractivity contribution >= 4 is 41.5 Å². The van der Waals surface area contributed by atoms with Gasteiger partial charge in [-0.1, -0.05) is 29.3 Å². The van der Waals surface area contributed by atoms with Crippen molar-refractivity contribution in [1.29, 1.82) is 0 Å². The third-order valence-corrected chi connectivity index (χ3v) is 3.95. The number of methoxy groups -OCH3 is 1. The largest absolute Gasteiger partial charge is 0.380 e. The van der Waals surface area contributed by atoms with Gasteiger partial charge in [0.1, 0.15) is 0 Å². The number of carbonyl (C=O) groups excluding carboxylic acids is 1. The van der Waals surface area contributed by atoms with Crippen molar-refractivity contribution in [3.8, 4) is 0 Å². The van der Waals surface area contributed by atoms with Crippen LogP contribution in [0.25, 0.3) is 0 Å². The normalized spacial score (nSPS) is 13.2. The van der Waals surface area contributed by atoms with Crippen molar-refractivity contribution in [3.63, 3.8) is 0 Å². The van der Waals surface area contributed by atoms with Crippen LogP contribution in [0.5, 0.6) is 0 Å². The Morgan fingerprint density at radius 1 is 1.43 bits per heavy atom. The van der Waals surface area contributed by atoms with Crippen LogP contribution in [0.4, 0.5) is 0 Å². The standard InChI is InChI=1S/C14H20Cl2N2O2.ClH/c1-9(12-5-4-10(15)6-13(12)16)18(2)14(19)7-11(8-17)20-3;/h4-6,9,11H,7-8,17H2,1-3H3;1H. The van der Waals surface area contributed by atoms with Gasteiger partial charge in [-0.25, -0.2) is 0 Å². The quantitative estimate of drug-likeness (QED) is 0.852. The Hall–Kier alpha value is -0.520. The number of benzene rings is 1. The van der Waals surface area contributed by atoms with Gasteiger partial charge in [-0.3, -0.25) is 4.79 Å². The fraction of sp³-hybridized carbons (Fsp3) is 0.500. The fourth-order valence-corrected chi connectivity index (χ4v) is 2.43. The molecule has 2 unspecified atom stereocenters. The van der Waals surface area contributed by atoms with Crippen LogP contribution in [0.15, 0.2) is 18.2 Å². The lowest BCUT2D eigenvalue weighted by Crippen LogP contribution is -2.35. The average molecular weight is 356 g/mol. The first kappa shape index (κ1) is 20.5. The molecule has 0 aromatic heterocycles. The van der Waals surface area contributed by atoms with E-state index in [0.717, 1.165) is 5.56 Å². The van der Waals surface area contributed by atoms with Crippen LogP contribution in [0.3, 0.4) is 0 Å². The molecule has 2 atom stereocenters. The molecule has 0 aliphatic rings. The molecule has 1 aromatic rings. The fourth-order valence-electron chi connectivity index (χ4n) is 1.87. The molecule has 0 spiro atoms. The second kappa shape index (κ2) is 9.49. The maximum absolute atomic E-state index is 12.2. The molecule has 120 valence electrons. The molecular weight excluding hydrogens is 335 g/mol. The van der Waals surface area contributed by atoms with Gasteiger partial charge in [0.25, 0.3) is 0 Å². The minimum Gasteiger partial charge on any atom is -0.380 e. The monoisotopic (exact) mass is 354 g/mol. The first-order valence-corrected chi connectivity index (χ1v) is 7.09. The highest BCUT2D eigenvalue weighted by Crippen LogP contribution is 2.29. The lowest BCUT2D eigenvalue weighted by molar-refractivity contribution is -0.134. The van der Waals surface area contributed by atoms with Gasteiger partial charge in [-0.15, -0.1) is 12.4 Å². The summed E-state index contributed by atoms with van der Waals surface area (Å²) in [4.78, 5) is 13.8. The van der Waals surface area contributed by atoms with Gasteiger partial charge in [0.15, 0.2) is 0 Å². The SMILES string of the molecule is COC(CN)CC(=O)N(C)C(C)c1ccc(Cl)cc1Cl.Cl. The van der Waals surface area contributed by atoms with Crippen LogP contribution in [0.1, 0.15) is 24.9 Å². The maximum atomic E-state index is 12.2. The Balaban J connectivity index is 0.00000400. The number of hydrogen-bond acceptors (Lipinski definition) is 3. The van der Waals surface area contributed by atoms with E-state index in [1.807, 2.05) is 13.0 Å². The van der Waals surface area contributed by atoms with E-state index >= 15 is 0 Å². The lowest BCUT2D eigenvalue weighted by atomic mass is 10.1. The predicted octanol–water partition coefficient (Wildman–Crippen LogP) is 3.30. The number of hydrogen-bond donors (Lipinski definition) is 1. The summed E-state index contributed by atoms with van der Waals surface area (Å²) in [6, 6.07) is 5.11. The molecular formula is C14H21Cl3N2O2. The minimum absolute atomic E-state index is 0. The average Bonchev–Trinajstić information content (AvgIpc) is 2.42. The summed E-state index contributed by atoms with van der Waals surface area (Å²) in [7, 11) is 3.28. The van der Waals surface area contributed by atoms with Crippen LogP contribution < -0.4 is 5.73 Å². The Morgan fingerprint density at radius 3 is 2.52 bits per heavy atom. The summed E-state index contributed by atoms with van der Waals surface area (Å²) < 4.78 is 5.13. The predicted molar refractivity (Wildman–Crippen MR) is 89.4 cm³/mol. The minimum atomic E-state index is -0.266. The summed E-state index contributed by atoms with van der Waals surface area (Å²) >= 11 is 12.0. The number of carbonyl (C=O) groups is 1. The van der Waals surface area contributed by atoms with Gasteiger partial charge in [0.05, 0.1) is 18.6 Å². The second-order valence-corrected chi connectivity index (χ2v) is 5.49. The van der Waals surface area contributed by atoms with Crippen molar-refractivity contribution < 1.29 is 9.53 Å². The second-order valence-electron chi connectivity index (χ2n) is 4.64. The summed E-state index contributed by atoms with van der Waals surface area (Å²) in [6.45, 7) is 2.23. The van der Waals surface area contributed by atoms with Crippen LogP contribution in [-0.4, -0.2) is 37.6 Å². The van der Waals surface area contributed by atoms with Crippen LogP contribution in [0.2, 0.25) is 10.0 Å². The van der Waals surface area contributed by atoms with Gasteiger partial charge in [-0.05, 0) is 24.6 Å². The van der Waals surface area contributed by atoms with Crippen molar-refractivity contribution in [2.75, 3.05) is 20.7 Å². The van der Waals surface area contributed by atoms with Crippen LogP contribution >= 0.6 is 35.6 Å². The Bertz CT molecular complexity index is 468. The molecule has 0 aliphatic carbocycles. The van der Waals surface area contributed by atoms with Crippen molar-refractivity contribution in [1.82, 2.24) is 4.90 Å². The van der Waals surface area contributed by atoms with Crippen molar-refractivity contribution in [2.24, 2.45) is 5.73 Å². The topological polar surface area (TPSA) is 55.6 Å². The van der Waals surface area contributed by atoms with Crippen LogP contribution in [-0.2, 0) is 9.53 Å². The third kappa shape index (κ3) is 5.64. The number of amides is 1. The van der Waals surface area contributed by atoms with Crippen molar-refractivity contribution in [3.05, 3.63) is 33.8 Å². The van der Waals surface area contributed by atoms with Gasteiger partial charge in [0.2, 0.25) is 5.91 Å². The van der Waals surface area contributed by atoms with Gasteiger partial charge >= 0.3 is 0 Å². The molecule has 7 heteroatoms. The molecule has 2 N–H and O–H groups in total. The molecule has 0 heterocycles.